The Bertz CT molecular complexity index is 559. The number of rotatable bonds is 6. The Morgan fingerprint density at radius 3 is 2.75 bits per heavy atom. The van der Waals surface area contributed by atoms with Crippen LogP contribution in [0.1, 0.15) is 41.8 Å². The van der Waals surface area contributed by atoms with Crippen molar-refractivity contribution in [3.05, 3.63) is 46.8 Å². The minimum absolute atomic E-state index is 0.298. The van der Waals surface area contributed by atoms with Crippen molar-refractivity contribution in [3.63, 3.8) is 0 Å². The van der Waals surface area contributed by atoms with E-state index in [4.69, 9.17) is 0 Å². The van der Waals surface area contributed by atoms with Crippen LogP contribution in [0, 0.1) is 13.8 Å². The van der Waals surface area contributed by atoms with Crippen molar-refractivity contribution >= 4 is 0 Å². The lowest BCUT2D eigenvalue weighted by Crippen LogP contribution is -2.25. The van der Waals surface area contributed by atoms with Crippen molar-refractivity contribution in [2.75, 3.05) is 6.54 Å². The van der Waals surface area contributed by atoms with Gasteiger partial charge in [-0.2, -0.15) is 0 Å². The molecule has 1 atom stereocenters. The average Bonchev–Trinajstić information content (AvgIpc) is 2.83. The summed E-state index contributed by atoms with van der Waals surface area (Å²) in [5.74, 6) is 0. The van der Waals surface area contributed by atoms with Gasteiger partial charge in [-0.15, -0.1) is 5.10 Å². The minimum Gasteiger partial charge on any atom is -0.310 e. The van der Waals surface area contributed by atoms with Crippen molar-refractivity contribution in [2.45, 2.75) is 39.7 Å². The average molecular weight is 272 g/mol. The molecule has 0 spiro atoms. The second-order valence-electron chi connectivity index (χ2n) is 5.38. The monoisotopic (exact) mass is 272 g/mol. The third kappa shape index (κ3) is 3.45. The van der Waals surface area contributed by atoms with Crippen LogP contribution in [0.2, 0.25) is 0 Å². The number of nitrogens with one attached hydrogen (secondary N) is 1. The van der Waals surface area contributed by atoms with Crippen molar-refractivity contribution < 1.29 is 0 Å². The number of hydrogen-bond donors (Lipinski definition) is 1. The van der Waals surface area contributed by atoms with Crippen molar-refractivity contribution in [1.29, 1.82) is 0 Å². The molecule has 4 heteroatoms. The van der Waals surface area contributed by atoms with Gasteiger partial charge in [0.05, 0.1) is 5.69 Å². The molecule has 0 fully saturated rings. The molecule has 0 aliphatic rings. The van der Waals surface area contributed by atoms with Gasteiger partial charge in [0.1, 0.15) is 0 Å². The molecule has 20 heavy (non-hydrogen) atoms. The summed E-state index contributed by atoms with van der Waals surface area (Å²) in [5, 5.41) is 11.9. The van der Waals surface area contributed by atoms with E-state index in [2.05, 4.69) is 54.6 Å². The first kappa shape index (κ1) is 14.7. The lowest BCUT2D eigenvalue weighted by atomic mass is 9.94. The summed E-state index contributed by atoms with van der Waals surface area (Å²) in [4.78, 5) is 0. The standard InChI is InChI=1S/C16H24N4/c1-5-9-17-16(10-14-11-20(4)19-18-14)15-8-6-7-12(2)13(15)3/h6-8,11,16-17H,5,9-10H2,1-4H3. The Labute approximate surface area is 121 Å². The predicted octanol–water partition coefficient (Wildman–Crippen LogP) is 2.72. The summed E-state index contributed by atoms with van der Waals surface area (Å²) < 4.78 is 1.76. The topological polar surface area (TPSA) is 42.7 Å². The first-order valence-electron chi connectivity index (χ1n) is 7.26. The molecule has 1 aromatic heterocycles. The molecule has 4 nitrogen and oxygen atoms in total. The quantitative estimate of drug-likeness (QED) is 0.879. The zero-order chi connectivity index (χ0) is 14.5. The molecule has 0 saturated carbocycles. The van der Waals surface area contributed by atoms with E-state index < -0.39 is 0 Å². The van der Waals surface area contributed by atoms with Gasteiger partial charge in [0.2, 0.25) is 0 Å². The summed E-state index contributed by atoms with van der Waals surface area (Å²) in [5.41, 5.74) is 5.10. The Morgan fingerprint density at radius 1 is 1.30 bits per heavy atom. The van der Waals surface area contributed by atoms with Crippen LogP contribution in [-0.4, -0.2) is 21.5 Å². The van der Waals surface area contributed by atoms with E-state index in [1.807, 2.05) is 13.2 Å². The van der Waals surface area contributed by atoms with Crippen LogP contribution >= 0.6 is 0 Å². The molecule has 0 radical (unpaired) electrons. The number of nitrogens with zero attached hydrogens (tertiary/aromatic N) is 3. The van der Waals surface area contributed by atoms with Gasteiger partial charge in [-0.3, -0.25) is 4.68 Å². The van der Waals surface area contributed by atoms with Crippen LogP contribution in [0.15, 0.2) is 24.4 Å². The lowest BCUT2D eigenvalue weighted by Gasteiger charge is -2.21. The number of benzene rings is 1. The maximum absolute atomic E-state index is 4.21. The molecular weight excluding hydrogens is 248 g/mol. The molecule has 0 aliphatic carbocycles. The van der Waals surface area contributed by atoms with Gasteiger partial charge in [0, 0.05) is 25.7 Å². The van der Waals surface area contributed by atoms with E-state index in [-0.39, 0.29) is 0 Å². The normalized spacial score (nSPS) is 12.6. The molecule has 0 amide bonds. The fraction of sp³-hybridized carbons (Fsp3) is 0.500. The van der Waals surface area contributed by atoms with Crippen molar-refractivity contribution in [1.82, 2.24) is 20.3 Å². The van der Waals surface area contributed by atoms with Gasteiger partial charge >= 0.3 is 0 Å². The molecule has 2 aromatic rings. The summed E-state index contributed by atoms with van der Waals surface area (Å²) in [6.07, 6.45) is 3.99. The van der Waals surface area contributed by atoms with E-state index in [1.165, 1.54) is 16.7 Å². The van der Waals surface area contributed by atoms with Crippen LogP contribution in [-0.2, 0) is 13.5 Å². The molecule has 0 aliphatic heterocycles. The fourth-order valence-corrected chi connectivity index (χ4v) is 2.46. The van der Waals surface area contributed by atoms with E-state index in [9.17, 15) is 0 Å². The third-order valence-corrected chi connectivity index (χ3v) is 3.73. The number of aryl methyl sites for hydroxylation is 2. The van der Waals surface area contributed by atoms with Crippen molar-refractivity contribution in [2.24, 2.45) is 7.05 Å². The predicted molar refractivity (Wildman–Crippen MR) is 81.7 cm³/mol. The number of hydrogen-bond acceptors (Lipinski definition) is 3. The maximum Gasteiger partial charge on any atom is 0.0845 e. The second kappa shape index (κ2) is 6.66. The van der Waals surface area contributed by atoms with E-state index >= 15 is 0 Å². The van der Waals surface area contributed by atoms with E-state index in [0.29, 0.717) is 6.04 Å². The molecule has 0 saturated heterocycles. The smallest absolute Gasteiger partial charge is 0.0845 e. The third-order valence-electron chi connectivity index (χ3n) is 3.73. The Morgan fingerprint density at radius 2 is 2.10 bits per heavy atom. The van der Waals surface area contributed by atoms with Gasteiger partial charge in [-0.1, -0.05) is 30.3 Å². The Kier molecular flexibility index (Phi) is 4.90. The van der Waals surface area contributed by atoms with Gasteiger partial charge in [0.25, 0.3) is 0 Å². The minimum atomic E-state index is 0.298. The van der Waals surface area contributed by atoms with E-state index in [1.54, 1.807) is 4.68 Å². The van der Waals surface area contributed by atoms with Crippen LogP contribution in [0.3, 0.4) is 0 Å². The SMILES string of the molecule is CCCNC(Cc1cn(C)nn1)c1cccc(C)c1C. The van der Waals surface area contributed by atoms with Crippen LogP contribution < -0.4 is 5.32 Å². The number of aromatic nitrogens is 3. The van der Waals surface area contributed by atoms with Gasteiger partial charge in [-0.05, 0) is 43.5 Å². The summed E-state index contributed by atoms with van der Waals surface area (Å²) in [6, 6.07) is 6.81. The van der Waals surface area contributed by atoms with Crippen LogP contribution in [0.4, 0.5) is 0 Å². The lowest BCUT2D eigenvalue weighted by molar-refractivity contribution is 0.521. The zero-order valence-corrected chi connectivity index (χ0v) is 12.8. The highest BCUT2D eigenvalue weighted by molar-refractivity contribution is 5.35. The van der Waals surface area contributed by atoms with Crippen LogP contribution in [0.25, 0.3) is 0 Å². The molecule has 2 rings (SSSR count). The first-order valence-corrected chi connectivity index (χ1v) is 7.26. The van der Waals surface area contributed by atoms with Gasteiger partial charge in [-0.25, -0.2) is 0 Å². The molecule has 108 valence electrons. The van der Waals surface area contributed by atoms with Gasteiger partial charge < -0.3 is 5.32 Å². The second-order valence-corrected chi connectivity index (χ2v) is 5.38. The first-order chi connectivity index (χ1) is 9.61. The fourth-order valence-electron chi connectivity index (χ4n) is 2.46. The molecule has 1 aromatic carbocycles. The molecule has 1 N–H and O–H groups in total. The Balaban J connectivity index is 2.24. The Hall–Kier alpha value is -1.68. The molecular formula is C16H24N4. The summed E-state index contributed by atoms with van der Waals surface area (Å²) in [6.45, 7) is 7.56. The molecule has 1 heterocycles. The largest absolute Gasteiger partial charge is 0.310 e. The summed E-state index contributed by atoms with van der Waals surface area (Å²) in [7, 11) is 1.91. The highest BCUT2D eigenvalue weighted by atomic mass is 15.4. The maximum atomic E-state index is 4.21. The van der Waals surface area contributed by atoms with E-state index in [0.717, 1.165) is 25.1 Å². The molecule has 0 bridgehead atoms. The van der Waals surface area contributed by atoms with Crippen LogP contribution in [0.5, 0.6) is 0 Å². The summed E-state index contributed by atoms with van der Waals surface area (Å²) >= 11 is 0. The zero-order valence-electron chi connectivity index (χ0n) is 12.8. The molecule has 1 unspecified atom stereocenters. The highest BCUT2D eigenvalue weighted by Crippen LogP contribution is 2.23. The van der Waals surface area contributed by atoms with Crippen molar-refractivity contribution in [3.8, 4) is 0 Å². The highest BCUT2D eigenvalue weighted by Gasteiger charge is 2.16. The van der Waals surface area contributed by atoms with Gasteiger partial charge in [0.15, 0.2) is 0 Å².